The van der Waals surface area contributed by atoms with Gasteiger partial charge in [-0.25, -0.2) is 0 Å². The van der Waals surface area contributed by atoms with Gasteiger partial charge >= 0.3 is 11.9 Å². The van der Waals surface area contributed by atoms with Crippen LogP contribution in [0.4, 0.5) is 0 Å². The summed E-state index contributed by atoms with van der Waals surface area (Å²) in [5.74, 6) is -0.792. The maximum absolute atomic E-state index is 12.0. The van der Waals surface area contributed by atoms with Crippen molar-refractivity contribution in [3.05, 3.63) is 72.9 Å². The van der Waals surface area contributed by atoms with E-state index in [1.54, 1.807) is 24.3 Å². The summed E-state index contributed by atoms with van der Waals surface area (Å²) in [6, 6.07) is 0. The fraction of sp³-hybridized carbons (Fsp3) is 0.600. The molecule has 0 rings (SSSR count). The smallest absolute Gasteiger partial charge is 0.306 e. The van der Waals surface area contributed by atoms with Crippen LogP contribution in [0.2, 0.25) is 0 Å². The standard InChI is InChI=1S/C35H56O7/c1-3-5-7-8-10-15-21-28-35(40)42-33(29-36)30-41-34(39)27-22-16-20-26-32(38)25-19-14-12-9-11-13-18-24-31(37)23-17-6-4-2/h6,11-14,17-20,24-26,31-33,36-38H,3-5,7-10,15-16,21-23,27-30H2,1-2H3/b13-11-,14-12-,17-6-,24-18+,25-19+,26-20-/t31-,32-,33+/m1/s1. The Labute approximate surface area is 254 Å². The molecule has 3 atom stereocenters. The molecule has 0 aromatic heterocycles. The zero-order valence-electron chi connectivity index (χ0n) is 25.9. The van der Waals surface area contributed by atoms with Crippen LogP contribution >= 0.6 is 0 Å². The minimum atomic E-state index is -0.841. The average Bonchev–Trinajstić information content (AvgIpc) is 2.97. The summed E-state index contributed by atoms with van der Waals surface area (Å²) in [6.45, 7) is 3.69. The van der Waals surface area contributed by atoms with E-state index in [1.807, 2.05) is 48.6 Å². The highest BCUT2D eigenvalue weighted by Crippen LogP contribution is 2.10. The Balaban J connectivity index is 3.97. The van der Waals surface area contributed by atoms with E-state index in [1.165, 1.54) is 25.7 Å². The normalized spacial score (nSPS) is 14.7. The Morgan fingerprint density at radius 3 is 2.07 bits per heavy atom. The zero-order valence-corrected chi connectivity index (χ0v) is 25.9. The highest BCUT2D eigenvalue weighted by atomic mass is 16.6. The first-order chi connectivity index (χ1) is 20.4. The lowest BCUT2D eigenvalue weighted by atomic mass is 10.1. The number of aliphatic hydroxyl groups is 3. The van der Waals surface area contributed by atoms with Gasteiger partial charge in [0, 0.05) is 12.8 Å². The second-order valence-electron chi connectivity index (χ2n) is 10.2. The number of hydrogen-bond acceptors (Lipinski definition) is 7. The SMILES string of the molecule is CC/C=C\C[C@@H](O)/C=C/C=C\C/C=C\C=C\[C@@H](O)/C=C\CCCC(=O)OC[C@H](CO)OC(=O)CCCCCCCCC. The topological polar surface area (TPSA) is 113 Å². The molecule has 238 valence electrons. The third-order valence-corrected chi connectivity index (χ3v) is 6.19. The monoisotopic (exact) mass is 588 g/mol. The summed E-state index contributed by atoms with van der Waals surface area (Å²) in [5, 5.41) is 29.2. The van der Waals surface area contributed by atoms with Gasteiger partial charge in [-0.1, -0.05) is 125 Å². The second-order valence-corrected chi connectivity index (χ2v) is 10.2. The van der Waals surface area contributed by atoms with Gasteiger partial charge in [0.05, 0.1) is 18.8 Å². The summed E-state index contributed by atoms with van der Waals surface area (Å²) in [5.41, 5.74) is 0. The van der Waals surface area contributed by atoms with Gasteiger partial charge in [0.15, 0.2) is 6.10 Å². The van der Waals surface area contributed by atoms with Crippen LogP contribution in [0, 0.1) is 0 Å². The first-order valence-electron chi connectivity index (χ1n) is 15.7. The minimum Gasteiger partial charge on any atom is -0.462 e. The number of ether oxygens (including phenoxy) is 2. The minimum absolute atomic E-state index is 0.155. The molecule has 0 aromatic carbocycles. The van der Waals surface area contributed by atoms with Crippen LogP contribution in [0.3, 0.4) is 0 Å². The maximum atomic E-state index is 12.0. The van der Waals surface area contributed by atoms with Gasteiger partial charge in [0.25, 0.3) is 0 Å². The Hall–Kier alpha value is -2.74. The van der Waals surface area contributed by atoms with E-state index >= 15 is 0 Å². The molecule has 7 nitrogen and oxygen atoms in total. The molecule has 0 heterocycles. The van der Waals surface area contributed by atoms with Gasteiger partial charge in [-0.3, -0.25) is 9.59 Å². The number of esters is 2. The molecule has 7 heteroatoms. The molecule has 0 amide bonds. The molecule has 0 aromatic rings. The average molecular weight is 589 g/mol. The first kappa shape index (κ1) is 39.3. The number of rotatable bonds is 26. The van der Waals surface area contributed by atoms with Crippen LogP contribution in [0.25, 0.3) is 0 Å². The number of carbonyl (C=O) groups is 2. The molecule has 0 bridgehead atoms. The highest BCUT2D eigenvalue weighted by molar-refractivity contribution is 5.70. The van der Waals surface area contributed by atoms with Crippen LogP contribution in [0.1, 0.15) is 104 Å². The van der Waals surface area contributed by atoms with E-state index in [2.05, 4.69) is 13.8 Å². The van der Waals surface area contributed by atoms with Crippen LogP contribution < -0.4 is 0 Å². The number of aliphatic hydroxyl groups excluding tert-OH is 3. The van der Waals surface area contributed by atoms with Crippen molar-refractivity contribution in [2.75, 3.05) is 13.2 Å². The molecule has 0 fully saturated rings. The Kier molecular flexibility index (Phi) is 27.8. The molecule has 42 heavy (non-hydrogen) atoms. The van der Waals surface area contributed by atoms with Crippen LogP contribution in [-0.2, 0) is 19.1 Å². The fourth-order valence-electron chi connectivity index (χ4n) is 3.76. The summed E-state index contributed by atoms with van der Waals surface area (Å²) < 4.78 is 10.4. The van der Waals surface area contributed by atoms with Crippen LogP contribution in [0.15, 0.2) is 72.9 Å². The lowest BCUT2D eigenvalue weighted by molar-refractivity contribution is -0.161. The molecule has 0 radical (unpaired) electrons. The van der Waals surface area contributed by atoms with Gasteiger partial charge in [-0.05, 0) is 38.5 Å². The van der Waals surface area contributed by atoms with Crippen molar-refractivity contribution in [1.29, 1.82) is 0 Å². The van der Waals surface area contributed by atoms with Gasteiger partial charge in [-0.2, -0.15) is 0 Å². The van der Waals surface area contributed by atoms with Gasteiger partial charge < -0.3 is 24.8 Å². The summed E-state index contributed by atoms with van der Waals surface area (Å²) in [4.78, 5) is 23.9. The van der Waals surface area contributed by atoms with E-state index in [0.717, 1.165) is 32.1 Å². The Morgan fingerprint density at radius 1 is 0.714 bits per heavy atom. The van der Waals surface area contributed by atoms with E-state index in [4.69, 9.17) is 9.47 Å². The molecule has 0 unspecified atom stereocenters. The lowest BCUT2D eigenvalue weighted by Gasteiger charge is -2.15. The third kappa shape index (κ3) is 27.4. The van der Waals surface area contributed by atoms with E-state index < -0.39 is 30.9 Å². The molecular weight excluding hydrogens is 532 g/mol. The molecule has 0 spiro atoms. The van der Waals surface area contributed by atoms with Crippen molar-refractivity contribution < 1.29 is 34.4 Å². The van der Waals surface area contributed by atoms with Crippen molar-refractivity contribution in [1.82, 2.24) is 0 Å². The van der Waals surface area contributed by atoms with E-state index in [0.29, 0.717) is 25.7 Å². The van der Waals surface area contributed by atoms with Gasteiger partial charge in [0.2, 0.25) is 0 Å². The predicted octanol–water partition coefficient (Wildman–Crippen LogP) is 6.99. The number of carbonyl (C=O) groups excluding carboxylic acids is 2. The van der Waals surface area contributed by atoms with E-state index in [-0.39, 0.29) is 19.0 Å². The van der Waals surface area contributed by atoms with Crippen molar-refractivity contribution >= 4 is 11.9 Å². The molecule has 0 aliphatic heterocycles. The third-order valence-electron chi connectivity index (χ3n) is 6.19. The Morgan fingerprint density at radius 2 is 1.38 bits per heavy atom. The molecule has 0 saturated carbocycles. The van der Waals surface area contributed by atoms with Crippen LogP contribution in [0.5, 0.6) is 0 Å². The molecule has 0 aliphatic carbocycles. The maximum Gasteiger partial charge on any atom is 0.306 e. The molecule has 3 N–H and O–H groups in total. The number of unbranched alkanes of at least 4 members (excludes halogenated alkanes) is 7. The fourth-order valence-corrected chi connectivity index (χ4v) is 3.76. The molecule has 0 saturated heterocycles. The van der Waals surface area contributed by atoms with Crippen molar-refractivity contribution in [2.24, 2.45) is 0 Å². The van der Waals surface area contributed by atoms with Gasteiger partial charge in [0.1, 0.15) is 6.61 Å². The quantitative estimate of drug-likeness (QED) is 0.0432. The van der Waals surface area contributed by atoms with E-state index in [9.17, 15) is 24.9 Å². The lowest BCUT2D eigenvalue weighted by Crippen LogP contribution is -2.28. The predicted molar refractivity (Wildman–Crippen MR) is 171 cm³/mol. The molecule has 0 aliphatic rings. The highest BCUT2D eigenvalue weighted by Gasteiger charge is 2.16. The van der Waals surface area contributed by atoms with Crippen molar-refractivity contribution in [3.8, 4) is 0 Å². The zero-order chi connectivity index (χ0) is 31.1. The van der Waals surface area contributed by atoms with Crippen LogP contribution in [-0.4, -0.2) is 58.8 Å². The van der Waals surface area contributed by atoms with Crippen molar-refractivity contribution in [3.63, 3.8) is 0 Å². The number of hydrogen-bond donors (Lipinski definition) is 3. The summed E-state index contributed by atoms with van der Waals surface area (Å²) >= 11 is 0. The van der Waals surface area contributed by atoms with Crippen molar-refractivity contribution in [2.45, 2.75) is 122 Å². The largest absolute Gasteiger partial charge is 0.462 e. The molecular formula is C35H56O7. The Bertz CT molecular complexity index is 838. The second kappa shape index (κ2) is 29.7. The summed E-state index contributed by atoms with van der Waals surface area (Å²) in [7, 11) is 0. The van der Waals surface area contributed by atoms with Gasteiger partial charge in [-0.15, -0.1) is 0 Å². The summed E-state index contributed by atoms with van der Waals surface area (Å²) in [6.07, 6.45) is 31.9. The first-order valence-corrected chi connectivity index (χ1v) is 15.7. The number of allylic oxidation sites excluding steroid dienone is 8.